The van der Waals surface area contributed by atoms with Crippen LogP contribution in [0.5, 0.6) is 0 Å². The first-order valence-electron chi connectivity index (χ1n) is 4.54. The van der Waals surface area contributed by atoms with Gasteiger partial charge in [0.05, 0.1) is 10.2 Å². The molecule has 0 fully saturated rings. The first kappa shape index (κ1) is 12.1. The van der Waals surface area contributed by atoms with Crippen LogP contribution >= 0.6 is 0 Å². The van der Waals surface area contributed by atoms with Crippen LogP contribution < -0.4 is 0 Å². The molecule has 0 amide bonds. The minimum Gasteiger partial charge on any atom is -0.358 e. The van der Waals surface area contributed by atoms with Gasteiger partial charge in [-0.05, 0) is 6.42 Å². The summed E-state index contributed by atoms with van der Waals surface area (Å²) in [7, 11) is 4.36. The Morgan fingerprint density at radius 3 is 1.83 bits per heavy atom. The van der Waals surface area contributed by atoms with Crippen molar-refractivity contribution in [2.75, 3.05) is 14.2 Å². The molecule has 74 valence electrons. The third kappa shape index (κ3) is 2.31. The predicted molar refractivity (Wildman–Crippen MR) is 55.4 cm³/mol. The first-order valence-corrected chi connectivity index (χ1v) is 5.54. The van der Waals surface area contributed by atoms with Gasteiger partial charge in [0, 0.05) is 19.6 Å². The summed E-state index contributed by atoms with van der Waals surface area (Å²) in [5.41, 5.74) is -0.208. The number of ether oxygens (including phenoxy) is 2. The topological polar surface area (TPSA) is 18.5 Å². The van der Waals surface area contributed by atoms with Crippen molar-refractivity contribution in [2.24, 2.45) is 5.41 Å². The molecule has 0 rings (SSSR count). The van der Waals surface area contributed by atoms with Crippen LogP contribution in [0.3, 0.4) is 0 Å². The Bertz CT molecular complexity index is 130. The number of methoxy groups -OCH3 is 2. The number of rotatable bonds is 5. The van der Waals surface area contributed by atoms with E-state index >= 15 is 0 Å². The van der Waals surface area contributed by atoms with Crippen LogP contribution in [0.25, 0.3) is 0 Å². The molecule has 0 aliphatic heterocycles. The van der Waals surface area contributed by atoms with Crippen molar-refractivity contribution >= 4 is 10.2 Å². The highest BCUT2D eigenvalue weighted by molar-refractivity contribution is 6.14. The van der Waals surface area contributed by atoms with Gasteiger partial charge in [-0.15, -0.1) is 0 Å². The summed E-state index contributed by atoms with van der Waals surface area (Å²) in [6.45, 7) is 6.60. The largest absolute Gasteiger partial charge is 0.358 e. The van der Waals surface area contributed by atoms with E-state index in [0.717, 1.165) is 16.7 Å². The van der Waals surface area contributed by atoms with Gasteiger partial charge in [0.2, 0.25) is 0 Å². The van der Waals surface area contributed by atoms with E-state index in [0.29, 0.717) is 0 Å². The fourth-order valence-corrected chi connectivity index (χ4v) is 1.74. The normalized spacial score (nSPS) is 13.8. The van der Waals surface area contributed by atoms with E-state index in [1.807, 2.05) is 0 Å². The maximum absolute atomic E-state index is 5.44. The molecule has 0 radical (unpaired) electrons. The molecule has 3 heteroatoms. The molecule has 0 saturated carbocycles. The summed E-state index contributed by atoms with van der Waals surface area (Å²) in [5.74, 6) is 0. The Hall–Kier alpha value is 0.137. The van der Waals surface area contributed by atoms with Crippen LogP contribution in [0, 0.1) is 5.41 Å². The molecule has 12 heavy (non-hydrogen) atoms. The van der Waals surface area contributed by atoms with Crippen molar-refractivity contribution in [1.29, 1.82) is 0 Å². The Morgan fingerprint density at radius 1 is 1.17 bits per heavy atom. The molecule has 0 bridgehead atoms. The summed E-state index contributed by atoms with van der Waals surface area (Å²) >= 11 is 0. The zero-order valence-corrected chi connectivity index (χ0v) is 11.2. The van der Waals surface area contributed by atoms with Crippen molar-refractivity contribution in [3.63, 3.8) is 0 Å². The standard InChI is InChI=1S/C9H22O2Si/c1-6-7-8(2,3)9(12,10-4)11-5/h6-7H2,1-5,12H3. The molecule has 0 N–H and O–H groups in total. The van der Waals surface area contributed by atoms with Gasteiger partial charge in [0.1, 0.15) is 5.41 Å². The number of hydrogen-bond acceptors (Lipinski definition) is 2. The Labute approximate surface area is 79.1 Å². The van der Waals surface area contributed by atoms with Gasteiger partial charge in [-0.3, -0.25) is 0 Å². The molecule has 0 aromatic heterocycles. The van der Waals surface area contributed by atoms with Gasteiger partial charge in [0.15, 0.2) is 0 Å². The van der Waals surface area contributed by atoms with E-state index in [1.165, 1.54) is 6.42 Å². The second-order valence-corrected chi connectivity index (χ2v) is 5.30. The van der Waals surface area contributed by atoms with Gasteiger partial charge in [-0.25, -0.2) is 0 Å². The van der Waals surface area contributed by atoms with Crippen LogP contribution in [0.4, 0.5) is 0 Å². The van der Waals surface area contributed by atoms with Crippen LogP contribution in [0.15, 0.2) is 0 Å². The lowest BCUT2D eigenvalue weighted by molar-refractivity contribution is -0.208. The molecule has 0 aromatic rings. The summed E-state index contributed by atoms with van der Waals surface area (Å²) in [4.78, 5) is 0. The molecular formula is C9H22O2Si. The fourth-order valence-electron chi connectivity index (χ4n) is 1.49. The molecule has 0 saturated heterocycles. The van der Waals surface area contributed by atoms with Crippen molar-refractivity contribution in [3.8, 4) is 0 Å². The summed E-state index contributed by atoms with van der Waals surface area (Å²) in [5, 5.41) is 0. The third-order valence-corrected chi connectivity index (χ3v) is 5.05. The second kappa shape index (κ2) is 4.39. The maximum atomic E-state index is 5.44. The van der Waals surface area contributed by atoms with Crippen molar-refractivity contribution in [3.05, 3.63) is 0 Å². The SMILES string of the molecule is CCCC(C)(C)C([SiH3])(OC)OC. The summed E-state index contributed by atoms with van der Waals surface area (Å²) < 4.78 is 10.9. The molecule has 0 atom stereocenters. The Morgan fingerprint density at radius 2 is 1.58 bits per heavy atom. The molecule has 0 unspecified atom stereocenters. The van der Waals surface area contributed by atoms with Gasteiger partial charge >= 0.3 is 0 Å². The minimum absolute atomic E-state index is 0.122. The summed E-state index contributed by atoms with van der Waals surface area (Å²) in [6.07, 6.45) is 2.31. The zero-order chi connectivity index (χ0) is 9.83. The molecule has 0 aliphatic rings. The molecule has 2 nitrogen and oxygen atoms in total. The third-order valence-electron chi connectivity index (χ3n) is 2.88. The van der Waals surface area contributed by atoms with Gasteiger partial charge in [0.25, 0.3) is 0 Å². The van der Waals surface area contributed by atoms with E-state index in [-0.39, 0.29) is 10.8 Å². The first-order chi connectivity index (χ1) is 5.43. The fraction of sp³-hybridized carbons (Fsp3) is 1.00. The van der Waals surface area contributed by atoms with Crippen molar-refractivity contribution in [1.82, 2.24) is 0 Å². The van der Waals surface area contributed by atoms with E-state index in [2.05, 4.69) is 20.8 Å². The van der Waals surface area contributed by atoms with Gasteiger partial charge in [-0.2, -0.15) is 0 Å². The lowest BCUT2D eigenvalue weighted by Gasteiger charge is -2.42. The molecule has 0 spiro atoms. The highest BCUT2D eigenvalue weighted by Gasteiger charge is 2.40. The molecule has 0 aliphatic carbocycles. The van der Waals surface area contributed by atoms with Gasteiger partial charge < -0.3 is 9.47 Å². The van der Waals surface area contributed by atoms with Crippen LogP contribution in [-0.4, -0.2) is 29.9 Å². The molecular weight excluding hydrogens is 168 g/mol. The predicted octanol–water partition coefficient (Wildman–Crippen LogP) is 1.12. The highest BCUT2D eigenvalue weighted by atomic mass is 28.1. The molecule has 0 aromatic carbocycles. The quantitative estimate of drug-likeness (QED) is 0.478. The average molecular weight is 190 g/mol. The van der Waals surface area contributed by atoms with E-state index < -0.39 is 0 Å². The highest BCUT2D eigenvalue weighted by Crippen LogP contribution is 2.36. The van der Waals surface area contributed by atoms with Crippen molar-refractivity contribution < 1.29 is 9.47 Å². The van der Waals surface area contributed by atoms with Crippen LogP contribution in [0.1, 0.15) is 33.6 Å². The lowest BCUT2D eigenvalue weighted by atomic mass is 9.86. The average Bonchev–Trinajstić information content (AvgIpc) is 2.02. The van der Waals surface area contributed by atoms with Crippen molar-refractivity contribution in [2.45, 2.75) is 39.0 Å². The summed E-state index contributed by atoms with van der Waals surface area (Å²) in [6, 6.07) is 0. The molecule has 0 heterocycles. The minimum atomic E-state index is -0.330. The van der Waals surface area contributed by atoms with E-state index in [4.69, 9.17) is 9.47 Å². The Balaban J connectivity index is 4.46. The zero-order valence-electron chi connectivity index (χ0n) is 9.23. The van der Waals surface area contributed by atoms with E-state index in [9.17, 15) is 0 Å². The van der Waals surface area contributed by atoms with Gasteiger partial charge in [-0.1, -0.05) is 27.2 Å². The van der Waals surface area contributed by atoms with E-state index in [1.54, 1.807) is 14.2 Å². The maximum Gasteiger partial charge on any atom is 0.145 e. The smallest absolute Gasteiger partial charge is 0.145 e. The Kier molecular flexibility index (Phi) is 4.44. The number of hydrogen-bond donors (Lipinski definition) is 0. The van der Waals surface area contributed by atoms with Crippen LogP contribution in [-0.2, 0) is 9.47 Å². The lowest BCUT2D eigenvalue weighted by Crippen LogP contribution is -2.48. The monoisotopic (exact) mass is 190 g/mol. The van der Waals surface area contributed by atoms with Crippen LogP contribution in [0.2, 0.25) is 0 Å². The second-order valence-electron chi connectivity index (χ2n) is 3.99.